The van der Waals surface area contributed by atoms with Gasteiger partial charge >= 0.3 is 0 Å². The Kier molecular flexibility index (Phi) is 3.80. The Balaban J connectivity index is 2.16. The van der Waals surface area contributed by atoms with E-state index in [0.29, 0.717) is 17.4 Å². The lowest BCUT2D eigenvalue weighted by Crippen LogP contribution is -2.11. The van der Waals surface area contributed by atoms with E-state index in [1.807, 2.05) is 24.3 Å². The molecule has 0 radical (unpaired) electrons. The second-order valence-corrected chi connectivity index (χ2v) is 4.62. The predicted octanol–water partition coefficient (Wildman–Crippen LogP) is 3.28. The highest BCUT2D eigenvalue weighted by atomic mass is 16.5. The molecule has 0 bridgehead atoms. The molecule has 0 fully saturated rings. The number of pyridine rings is 1. The van der Waals surface area contributed by atoms with Crippen LogP contribution in [0, 0.1) is 5.41 Å². The van der Waals surface area contributed by atoms with Crippen molar-refractivity contribution < 1.29 is 4.74 Å². The third-order valence-corrected chi connectivity index (χ3v) is 2.82. The summed E-state index contributed by atoms with van der Waals surface area (Å²) in [6.45, 7) is 4.29. The number of amidine groups is 1. The Hall–Kier alpha value is -2.36. The van der Waals surface area contributed by atoms with Crippen LogP contribution in [0.15, 0.2) is 42.6 Å². The molecule has 0 atom stereocenters. The summed E-state index contributed by atoms with van der Waals surface area (Å²) >= 11 is 0. The molecule has 1 aromatic heterocycles. The Labute approximate surface area is 112 Å². The maximum atomic E-state index is 7.38. The van der Waals surface area contributed by atoms with E-state index in [1.165, 1.54) is 5.56 Å². The van der Waals surface area contributed by atoms with E-state index in [4.69, 9.17) is 15.9 Å². The molecular formula is C15H17N3O. The van der Waals surface area contributed by atoms with E-state index in [-0.39, 0.29) is 5.84 Å². The van der Waals surface area contributed by atoms with Crippen molar-refractivity contribution in [3.05, 3.63) is 53.7 Å². The minimum atomic E-state index is 0.00223. The first-order valence-corrected chi connectivity index (χ1v) is 6.14. The molecule has 0 aliphatic carbocycles. The molecule has 4 heteroatoms. The van der Waals surface area contributed by atoms with Crippen molar-refractivity contribution in [2.24, 2.45) is 5.73 Å². The molecule has 4 nitrogen and oxygen atoms in total. The van der Waals surface area contributed by atoms with Gasteiger partial charge in [0.15, 0.2) is 0 Å². The molecule has 2 rings (SSSR count). The van der Waals surface area contributed by atoms with Gasteiger partial charge < -0.3 is 10.5 Å². The van der Waals surface area contributed by atoms with Crippen LogP contribution in [0.5, 0.6) is 11.6 Å². The molecule has 1 aromatic carbocycles. The smallest absolute Gasteiger partial charge is 0.219 e. The summed E-state index contributed by atoms with van der Waals surface area (Å²) in [4.78, 5) is 4.10. The second-order valence-electron chi connectivity index (χ2n) is 4.62. The molecule has 0 saturated heterocycles. The van der Waals surface area contributed by atoms with Crippen molar-refractivity contribution >= 4 is 5.84 Å². The molecule has 3 N–H and O–H groups in total. The van der Waals surface area contributed by atoms with Gasteiger partial charge in [-0.25, -0.2) is 4.98 Å². The van der Waals surface area contributed by atoms with Crippen molar-refractivity contribution in [1.29, 1.82) is 5.41 Å². The Morgan fingerprint density at radius 3 is 2.47 bits per heavy atom. The van der Waals surface area contributed by atoms with Crippen molar-refractivity contribution in [2.75, 3.05) is 0 Å². The molecule has 98 valence electrons. The zero-order chi connectivity index (χ0) is 13.8. The normalized spacial score (nSPS) is 10.5. The van der Waals surface area contributed by atoms with Gasteiger partial charge in [0.25, 0.3) is 0 Å². The lowest BCUT2D eigenvalue weighted by Gasteiger charge is -2.08. The van der Waals surface area contributed by atoms with Gasteiger partial charge in [-0.1, -0.05) is 26.0 Å². The van der Waals surface area contributed by atoms with Gasteiger partial charge in [-0.3, -0.25) is 5.41 Å². The quantitative estimate of drug-likeness (QED) is 0.650. The summed E-state index contributed by atoms with van der Waals surface area (Å²) in [5.74, 6) is 1.65. The average Bonchev–Trinajstić information content (AvgIpc) is 2.39. The summed E-state index contributed by atoms with van der Waals surface area (Å²) in [5, 5.41) is 7.38. The number of nitrogen functional groups attached to an aromatic ring is 1. The number of benzene rings is 1. The third kappa shape index (κ3) is 3.31. The first-order chi connectivity index (χ1) is 9.06. The van der Waals surface area contributed by atoms with Gasteiger partial charge in [-0.05, 0) is 29.7 Å². The molecule has 19 heavy (non-hydrogen) atoms. The van der Waals surface area contributed by atoms with Gasteiger partial charge in [0.1, 0.15) is 11.6 Å². The Morgan fingerprint density at radius 2 is 1.89 bits per heavy atom. The van der Waals surface area contributed by atoms with Crippen molar-refractivity contribution in [2.45, 2.75) is 19.8 Å². The number of hydrogen-bond acceptors (Lipinski definition) is 3. The first-order valence-electron chi connectivity index (χ1n) is 6.14. The van der Waals surface area contributed by atoms with Crippen molar-refractivity contribution in [3.8, 4) is 11.6 Å². The van der Waals surface area contributed by atoms with Crippen LogP contribution in [0.4, 0.5) is 0 Å². The number of rotatable bonds is 4. The maximum Gasteiger partial charge on any atom is 0.219 e. The number of nitrogens with zero attached hydrogens (tertiary/aromatic N) is 1. The monoisotopic (exact) mass is 255 g/mol. The first kappa shape index (κ1) is 13.1. The van der Waals surface area contributed by atoms with E-state index in [9.17, 15) is 0 Å². The lowest BCUT2D eigenvalue weighted by molar-refractivity contribution is 0.462. The highest BCUT2D eigenvalue weighted by Crippen LogP contribution is 2.23. The number of aromatic nitrogens is 1. The van der Waals surface area contributed by atoms with Crippen LogP contribution in [-0.2, 0) is 0 Å². The summed E-state index contributed by atoms with van der Waals surface area (Å²) in [7, 11) is 0. The van der Waals surface area contributed by atoms with Gasteiger partial charge in [-0.15, -0.1) is 0 Å². The van der Waals surface area contributed by atoms with Crippen molar-refractivity contribution in [1.82, 2.24) is 4.98 Å². The fraction of sp³-hybridized carbons (Fsp3) is 0.200. The number of ether oxygens (including phenoxy) is 1. The van der Waals surface area contributed by atoms with Gasteiger partial charge in [-0.2, -0.15) is 0 Å². The SMILES string of the molecule is CC(C)c1ccc(Oc2cc(C(=N)N)ccn2)cc1. The van der Waals surface area contributed by atoms with E-state index in [2.05, 4.69) is 18.8 Å². The van der Waals surface area contributed by atoms with E-state index < -0.39 is 0 Å². The zero-order valence-corrected chi connectivity index (χ0v) is 11.1. The van der Waals surface area contributed by atoms with Crippen LogP contribution in [0.3, 0.4) is 0 Å². The minimum absolute atomic E-state index is 0.00223. The molecule has 2 aromatic rings. The maximum absolute atomic E-state index is 7.38. The van der Waals surface area contributed by atoms with Crippen LogP contribution >= 0.6 is 0 Å². The summed E-state index contributed by atoms with van der Waals surface area (Å²) < 4.78 is 5.64. The van der Waals surface area contributed by atoms with Crippen LogP contribution < -0.4 is 10.5 Å². The largest absolute Gasteiger partial charge is 0.439 e. The van der Waals surface area contributed by atoms with Crippen LogP contribution in [0.2, 0.25) is 0 Å². The summed E-state index contributed by atoms with van der Waals surface area (Å²) in [5.41, 5.74) is 7.29. The molecule has 0 unspecified atom stereocenters. The van der Waals surface area contributed by atoms with Gasteiger partial charge in [0.2, 0.25) is 5.88 Å². The molecule has 1 heterocycles. The van der Waals surface area contributed by atoms with Crippen molar-refractivity contribution in [3.63, 3.8) is 0 Å². The third-order valence-electron chi connectivity index (χ3n) is 2.82. The topological polar surface area (TPSA) is 72.0 Å². The zero-order valence-electron chi connectivity index (χ0n) is 11.1. The Morgan fingerprint density at radius 1 is 1.21 bits per heavy atom. The minimum Gasteiger partial charge on any atom is -0.439 e. The summed E-state index contributed by atoms with van der Waals surface area (Å²) in [6.07, 6.45) is 1.58. The Bertz CT molecular complexity index is 576. The van der Waals surface area contributed by atoms with E-state index in [0.717, 1.165) is 5.75 Å². The molecule has 0 spiro atoms. The molecule has 0 amide bonds. The van der Waals surface area contributed by atoms with E-state index in [1.54, 1.807) is 18.3 Å². The highest BCUT2D eigenvalue weighted by molar-refractivity contribution is 5.95. The number of nitrogens with one attached hydrogen (secondary N) is 1. The van der Waals surface area contributed by atoms with Gasteiger partial charge in [0, 0.05) is 17.8 Å². The number of hydrogen-bond donors (Lipinski definition) is 2. The molecule has 0 saturated carbocycles. The fourth-order valence-electron chi connectivity index (χ4n) is 1.67. The fourth-order valence-corrected chi connectivity index (χ4v) is 1.67. The molecular weight excluding hydrogens is 238 g/mol. The average molecular weight is 255 g/mol. The predicted molar refractivity (Wildman–Crippen MR) is 75.9 cm³/mol. The summed E-state index contributed by atoms with van der Waals surface area (Å²) in [6, 6.07) is 11.2. The lowest BCUT2D eigenvalue weighted by atomic mass is 10.0. The van der Waals surface area contributed by atoms with Crippen LogP contribution in [0.25, 0.3) is 0 Å². The molecule has 0 aliphatic heterocycles. The second kappa shape index (κ2) is 5.52. The standard InChI is InChI=1S/C15H17N3O/c1-10(2)11-3-5-13(6-4-11)19-14-9-12(15(16)17)7-8-18-14/h3-10H,1-2H3,(H3,16,17). The van der Waals surface area contributed by atoms with Crippen LogP contribution in [-0.4, -0.2) is 10.8 Å². The van der Waals surface area contributed by atoms with Gasteiger partial charge in [0.05, 0.1) is 0 Å². The highest BCUT2D eigenvalue weighted by Gasteiger charge is 2.03. The van der Waals surface area contributed by atoms with E-state index >= 15 is 0 Å². The molecule has 0 aliphatic rings. The number of nitrogens with two attached hydrogens (primary N) is 1. The van der Waals surface area contributed by atoms with Crippen LogP contribution in [0.1, 0.15) is 30.9 Å².